The smallest absolute Gasteiger partial charge is 0.0838 e. The Labute approximate surface area is 254 Å². The highest BCUT2D eigenvalue weighted by Gasteiger charge is 2.40. The predicted molar refractivity (Wildman–Crippen MR) is 180 cm³/mol. The maximum atomic E-state index is 7.75. The molecule has 5 nitrogen and oxygen atoms in total. The van der Waals surface area contributed by atoms with Gasteiger partial charge in [-0.3, -0.25) is 4.99 Å². The molecule has 0 saturated heterocycles. The van der Waals surface area contributed by atoms with Crippen molar-refractivity contribution in [1.29, 1.82) is 5.26 Å². The Kier molecular flexibility index (Phi) is 12.4. The molecule has 0 heterocycles. The van der Waals surface area contributed by atoms with Crippen LogP contribution in [0.5, 0.6) is 0 Å². The first-order valence-corrected chi connectivity index (χ1v) is 15.2. The van der Waals surface area contributed by atoms with E-state index in [9.17, 15) is 0 Å². The molecule has 3 fully saturated rings. The number of hydrogen-bond donors (Lipinski definition) is 3. The van der Waals surface area contributed by atoms with Crippen molar-refractivity contribution in [2.24, 2.45) is 10.7 Å². The fourth-order valence-corrected chi connectivity index (χ4v) is 4.56. The highest BCUT2D eigenvalue weighted by molar-refractivity contribution is 6.09. The van der Waals surface area contributed by atoms with Crippen molar-refractivity contribution in [3.63, 3.8) is 0 Å². The van der Waals surface area contributed by atoms with Crippen LogP contribution in [0.4, 0.5) is 0 Å². The Morgan fingerprint density at radius 3 is 2.38 bits per heavy atom. The molecule has 0 radical (unpaired) electrons. The van der Waals surface area contributed by atoms with Crippen LogP contribution in [0.2, 0.25) is 0 Å². The van der Waals surface area contributed by atoms with Crippen molar-refractivity contribution in [3.05, 3.63) is 107 Å². The third kappa shape index (κ3) is 10.5. The summed E-state index contributed by atoms with van der Waals surface area (Å²) in [5.41, 5.74) is 16.1. The van der Waals surface area contributed by atoms with Crippen LogP contribution in [0.25, 0.3) is 11.1 Å². The lowest BCUT2D eigenvalue weighted by molar-refractivity contribution is 0.784. The molecular formula is C37H49N5. The van der Waals surface area contributed by atoms with E-state index in [0.717, 1.165) is 29.3 Å². The second-order valence-electron chi connectivity index (χ2n) is 11.8. The van der Waals surface area contributed by atoms with Crippen LogP contribution in [0, 0.1) is 11.3 Å². The molecule has 3 aliphatic carbocycles. The molecule has 0 spiro atoms. The maximum Gasteiger partial charge on any atom is 0.0838 e. The van der Waals surface area contributed by atoms with Crippen LogP contribution in [-0.2, 0) is 12.0 Å². The zero-order valence-electron chi connectivity index (χ0n) is 26.0. The van der Waals surface area contributed by atoms with E-state index in [1.165, 1.54) is 66.3 Å². The molecule has 3 saturated carbocycles. The van der Waals surface area contributed by atoms with Gasteiger partial charge < -0.3 is 16.4 Å². The normalized spacial score (nSPS) is 17.0. The quantitative estimate of drug-likeness (QED) is 0.148. The monoisotopic (exact) mass is 563 g/mol. The van der Waals surface area contributed by atoms with Crippen LogP contribution in [0.15, 0.2) is 84.7 Å². The molecule has 2 aromatic rings. The lowest BCUT2D eigenvalue weighted by Gasteiger charge is -2.14. The van der Waals surface area contributed by atoms with Gasteiger partial charge in [0.05, 0.1) is 18.7 Å². The first-order chi connectivity index (χ1) is 20.2. The van der Waals surface area contributed by atoms with Crippen LogP contribution in [-0.4, -0.2) is 25.8 Å². The van der Waals surface area contributed by atoms with E-state index < -0.39 is 0 Å². The average Bonchev–Trinajstić information content (AvgIpc) is 3.84. The lowest BCUT2D eigenvalue weighted by atomic mass is 9.91. The third-order valence-electron chi connectivity index (χ3n) is 7.79. The SMILES string of the molecule is C=C(/C=C\C)NCc1ccccc1C(=C)C.CC1(c2cc(/C(C=NC3CC3)=C/N)cc(C3CC3)c2)CC1.CNCC#N. The van der Waals surface area contributed by atoms with Crippen LogP contribution in [0.1, 0.15) is 93.0 Å². The standard InChI is InChI=1S/C19H24N2.C15H19N.C3H6N2/c1-19(6-7-19)17-9-14(13-2-3-13)8-15(10-17)16(11-20)12-21-18-4-5-18;1-5-8-13(4)16-11-14-9-6-7-10-15(14)12(2)3;1-5-3-2-4/h8-13,18H,2-7,20H2,1H3;5-10,16H,2,4,11H2,1,3H3;5H,3H2,1H3/b16-11+,21-12?;8-5-;. The Morgan fingerprint density at radius 1 is 1.14 bits per heavy atom. The highest BCUT2D eigenvalue weighted by atomic mass is 14.9. The van der Waals surface area contributed by atoms with E-state index in [1.54, 1.807) is 13.2 Å². The van der Waals surface area contributed by atoms with Gasteiger partial charge in [-0.1, -0.05) is 74.2 Å². The molecule has 5 heteroatoms. The van der Waals surface area contributed by atoms with Gasteiger partial charge in [0.25, 0.3) is 0 Å². The van der Waals surface area contributed by atoms with Crippen LogP contribution < -0.4 is 16.4 Å². The molecule has 2 aromatic carbocycles. The van der Waals surface area contributed by atoms with Gasteiger partial charge in [0.1, 0.15) is 0 Å². The van der Waals surface area contributed by atoms with E-state index >= 15 is 0 Å². The number of benzene rings is 2. The number of nitrogens with two attached hydrogens (primary N) is 1. The average molecular weight is 564 g/mol. The fraction of sp³-hybridized carbons (Fsp3) is 0.405. The molecular weight excluding hydrogens is 514 g/mol. The van der Waals surface area contributed by atoms with Crippen LogP contribution >= 0.6 is 0 Å². The van der Waals surface area contributed by atoms with E-state index in [0.29, 0.717) is 18.0 Å². The van der Waals surface area contributed by atoms with E-state index in [-0.39, 0.29) is 0 Å². The Morgan fingerprint density at radius 2 is 1.86 bits per heavy atom. The molecule has 0 aromatic heterocycles. The zero-order chi connectivity index (χ0) is 30.5. The van der Waals surface area contributed by atoms with Crippen molar-refractivity contribution < 1.29 is 0 Å². The number of hydrogen-bond acceptors (Lipinski definition) is 5. The Bertz CT molecular complexity index is 1340. The van der Waals surface area contributed by atoms with Crippen molar-refractivity contribution in [3.8, 4) is 6.07 Å². The number of nitrogens with one attached hydrogen (secondary N) is 2. The fourth-order valence-electron chi connectivity index (χ4n) is 4.56. The van der Waals surface area contributed by atoms with Crippen molar-refractivity contribution >= 4 is 17.4 Å². The summed E-state index contributed by atoms with van der Waals surface area (Å²) in [7, 11) is 1.74. The predicted octanol–water partition coefficient (Wildman–Crippen LogP) is 7.78. The molecule has 3 aliphatic rings. The van der Waals surface area contributed by atoms with Gasteiger partial charge in [0.15, 0.2) is 0 Å². The summed E-state index contributed by atoms with van der Waals surface area (Å²) in [5.74, 6) is 0.783. The summed E-state index contributed by atoms with van der Waals surface area (Å²) in [5, 5.41) is 13.7. The molecule has 42 heavy (non-hydrogen) atoms. The molecule has 0 unspecified atom stereocenters. The molecule has 5 rings (SSSR count). The molecule has 0 atom stereocenters. The lowest BCUT2D eigenvalue weighted by Crippen LogP contribution is -2.11. The summed E-state index contributed by atoms with van der Waals surface area (Å²) in [6.45, 7) is 15.5. The molecule has 0 amide bonds. The van der Waals surface area contributed by atoms with E-state index in [4.69, 9.17) is 11.0 Å². The van der Waals surface area contributed by atoms with Crippen LogP contribution in [0.3, 0.4) is 0 Å². The largest absolute Gasteiger partial charge is 0.404 e. The van der Waals surface area contributed by atoms with Crippen molar-refractivity contribution in [2.75, 3.05) is 13.6 Å². The summed E-state index contributed by atoms with van der Waals surface area (Å²) >= 11 is 0. The second kappa shape index (κ2) is 15.9. The molecule has 222 valence electrons. The van der Waals surface area contributed by atoms with Gasteiger partial charge >= 0.3 is 0 Å². The van der Waals surface area contributed by atoms with Crippen molar-refractivity contribution in [2.45, 2.75) is 83.2 Å². The number of allylic oxidation sites excluding steroid dienone is 4. The molecule has 0 aliphatic heterocycles. The summed E-state index contributed by atoms with van der Waals surface area (Å²) < 4.78 is 0. The molecule has 0 bridgehead atoms. The minimum atomic E-state index is 0.410. The molecule has 4 N–H and O–H groups in total. The van der Waals surface area contributed by atoms with Gasteiger partial charge in [-0.15, -0.1) is 0 Å². The second-order valence-corrected chi connectivity index (χ2v) is 11.8. The summed E-state index contributed by atoms with van der Waals surface area (Å²) in [6, 6.07) is 17.9. The van der Waals surface area contributed by atoms with Gasteiger partial charge in [-0.2, -0.15) is 5.26 Å². The number of nitrogens with zero attached hydrogens (tertiary/aromatic N) is 2. The first-order valence-electron chi connectivity index (χ1n) is 15.2. The summed E-state index contributed by atoms with van der Waals surface area (Å²) in [4.78, 5) is 4.61. The number of rotatable bonds is 11. The minimum absolute atomic E-state index is 0.410. The van der Waals surface area contributed by atoms with Gasteiger partial charge in [0, 0.05) is 30.2 Å². The van der Waals surface area contributed by atoms with Gasteiger partial charge in [-0.25, -0.2) is 0 Å². The topological polar surface area (TPSA) is 86.2 Å². The van der Waals surface area contributed by atoms with E-state index in [1.807, 2.05) is 50.4 Å². The highest BCUT2D eigenvalue weighted by Crippen LogP contribution is 2.50. The van der Waals surface area contributed by atoms with Gasteiger partial charge in [0.2, 0.25) is 0 Å². The number of nitriles is 1. The number of aliphatic imine (C=N–C) groups is 1. The summed E-state index contributed by atoms with van der Waals surface area (Å²) in [6.07, 6.45) is 15.4. The zero-order valence-corrected chi connectivity index (χ0v) is 26.0. The third-order valence-corrected chi connectivity index (χ3v) is 7.79. The minimum Gasteiger partial charge on any atom is -0.404 e. The maximum absolute atomic E-state index is 7.75. The Balaban J connectivity index is 0.000000205. The Hall–Kier alpha value is -3.88. The van der Waals surface area contributed by atoms with E-state index in [2.05, 4.69) is 66.0 Å². The van der Waals surface area contributed by atoms with Gasteiger partial charge in [-0.05, 0) is 105 Å². The van der Waals surface area contributed by atoms with Crippen molar-refractivity contribution in [1.82, 2.24) is 10.6 Å². The first kappa shape index (κ1) is 32.6.